The van der Waals surface area contributed by atoms with Gasteiger partial charge in [0.25, 0.3) is 0 Å². The van der Waals surface area contributed by atoms with E-state index in [1.54, 1.807) is 0 Å². The van der Waals surface area contributed by atoms with Gasteiger partial charge in [-0.05, 0) is 12.8 Å². The van der Waals surface area contributed by atoms with Gasteiger partial charge in [-0.3, -0.25) is 9.59 Å². The second kappa shape index (κ2) is 20.5. The molecule has 0 aromatic carbocycles. The van der Waals surface area contributed by atoms with Crippen LogP contribution in [0.5, 0.6) is 0 Å². The predicted molar refractivity (Wildman–Crippen MR) is 121 cm³/mol. The Labute approximate surface area is 203 Å². The van der Waals surface area contributed by atoms with Gasteiger partial charge in [0.2, 0.25) is 0 Å². The molecule has 0 bridgehead atoms. The van der Waals surface area contributed by atoms with Crippen LogP contribution < -0.4 is 0 Å². The van der Waals surface area contributed by atoms with E-state index in [-0.39, 0.29) is 50.6 Å². The number of aliphatic carboxylic acids is 2. The van der Waals surface area contributed by atoms with E-state index < -0.39 is 17.4 Å². The molecule has 0 aliphatic rings. The van der Waals surface area contributed by atoms with Crippen LogP contribution in [0.1, 0.15) is 129 Å². The van der Waals surface area contributed by atoms with Gasteiger partial charge in [-0.1, -0.05) is 117 Å². The third-order valence-corrected chi connectivity index (χ3v) is 5.73. The number of hydrogen-bond donors (Lipinski definition) is 2. The number of rotatable bonds is 20. The summed E-state index contributed by atoms with van der Waals surface area (Å²) in [5.74, 6) is -2.31. The molecule has 0 aromatic rings. The zero-order valence-corrected chi connectivity index (χ0v) is 17.9. The molecule has 0 radical (unpaired) electrons. The second-order valence-corrected chi connectivity index (χ2v) is 8.14. The molecule has 0 aliphatic heterocycles. The van der Waals surface area contributed by atoms with Gasteiger partial charge in [0.15, 0.2) is 5.41 Å². The molecule has 28 heavy (non-hydrogen) atoms. The SMILES string of the molecule is CCCCCCCCCCCCC(CCCCCCCC)(C(=O)O)C(=O)O.[CaH2]. The van der Waals surface area contributed by atoms with E-state index in [1.165, 1.54) is 57.8 Å². The topological polar surface area (TPSA) is 74.6 Å². The van der Waals surface area contributed by atoms with Gasteiger partial charge in [-0.15, -0.1) is 0 Å². The van der Waals surface area contributed by atoms with Crippen molar-refractivity contribution in [2.24, 2.45) is 5.41 Å². The molecule has 2 N–H and O–H groups in total. The molecule has 0 fully saturated rings. The molecule has 0 amide bonds. The number of unbranched alkanes of at least 4 members (excludes halogenated alkanes) is 14. The van der Waals surface area contributed by atoms with Crippen LogP contribution in [-0.4, -0.2) is 59.9 Å². The fourth-order valence-corrected chi connectivity index (χ4v) is 3.77. The van der Waals surface area contributed by atoms with Crippen LogP contribution >= 0.6 is 0 Å². The molecule has 0 saturated heterocycles. The molecule has 0 heterocycles. The van der Waals surface area contributed by atoms with Crippen LogP contribution in [0.2, 0.25) is 0 Å². The second-order valence-electron chi connectivity index (χ2n) is 8.14. The summed E-state index contributed by atoms with van der Waals surface area (Å²) < 4.78 is 0. The molecule has 0 saturated carbocycles. The Bertz CT molecular complexity index is 371. The third kappa shape index (κ3) is 14.2. The minimum atomic E-state index is -1.58. The molecule has 0 aromatic heterocycles. The Morgan fingerprint density at radius 3 is 1.04 bits per heavy atom. The van der Waals surface area contributed by atoms with Crippen molar-refractivity contribution in [2.75, 3.05) is 0 Å². The Morgan fingerprint density at radius 2 is 0.786 bits per heavy atom. The predicted octanol–water partition coefficient (Wildman–Crippen LogP) is 6.29. The van der Waals surface area contributed by atoms with Crippen molar-refractivity contribution in [3.8, 4) is 0 Å². The number of carbonyl (C=O) groups is 2. The first-order valence-electron chi connectivity index (χ1n) is 11.5. The summed E-state index contributed by atoms with van der Waals surface area (Å²) in [6.45, 7) is 4.38. The van der Waals surface area contributed by atoms with Gasteiger partial charge in [-0.2, -0.15) is 0 Å². The normalized spacial score (nSPS) is 11.2. The van der Waals surface area contributed by atoms with Crippen LogP contribution in [0, 0.1) is 5.41 Å². The van der Waals surface area contributed by atoms with Gasteiger partial charge in [-0.25, -0.2) is 0 Å². The standard InChI is InChI=1S/C23H44O4.Ca.2H/c1-3-5-7-9-11-12-13-14-16-18-20-23(21(24)25,22(26)27)19-17-15-10-8-6-4-2;;;/h3-20H2,1-2H3,(H,24,25)(H,26,27);;;. The van der Waals surface area contributed by atoms with Crippen molar-refractivity contribution >= 4 is 49.7 Å². The van der Waals surface area contributed by atoms with Crippen molar-refractivity contribution in [1.82, 2.24) is 0 Å². The molecule has 164 valence electrons. The first kappa shape index (κ1) is 30.4. The molecule has 4 nitrogen and oxygen atoms in total. The fourth-order valence-electron chi connectivity index (χ4n) is 3.77. The molecule has 0 aliphatic carbocycles. The van der Waals surface area contributed by atoms with Gasteiger partial charge in [0.1, 0.15) is 0 Å². The summed E-state index contributed by atoms with van der Waals surface area (Å²) >= 11 is 0. The monoisotopic (exact) mass is 426 g/mol. The number of carboxylic acids is 2. The van der Waals surface area contributed by atoms with Crippen LogP contribution in [0.15, 0.2) is 0 Å². The summed E-state index contributed by atoms with van der Waals surface area (Å²) in [5.41, 5.74) is -1.58. The Morgan fingerprint density at radius 1 is 0.536 bits per heavy atom. The molecule has 0 spiro atoms. The maximum absolute atomic E-state index is 11.7. The zero-order valence-electron chi connectivity index (χ0n) is 17.9. The van der Waals surface area contributed by atoms with Crippen molar-refractivity contribution in [3.63, 3.8) is 0 Å². The van der Waals surface area contributed by atoms with E-state index in [4.69, 9.17) is 0 Å². The van der Waals surface area contributed by atoms with Gasteiger partial charge >= 0.3 is 49.7 Å². The Balaban J connectivity index is 0. The van der Waals surface area contributed by atoms with Crippen LogP contribution in [0.3, 0.4) is 0 Å². The average Bonchev–Trinajstić information content (AvgIpc) is 2.63. The number of hydrogen-bond acceptors (Lipinski definition) is 2. The molecular weight excluding hydrogens is 380 g/mol. The van der Waals surface area contributed by atoms with Crippen LogP contribution in [0.25, 0.3) is 0 Å². The average molecular weight is 427 g/mol. The van der Waals surface area contributed by atoms with Gasteiger partial charge < -0.3 is 10.2 Å². The summed E-state index contributed by atoms with van der Waals surface area (Å²) in [6, 6.07) is 0. The Hall–Kier alpha value is 0.200. The summed E-state index contributed by atoms with van der Waals surface area (Å²) in [6.07, 6.45) is 18.4. The Kier molecular flexibility index (Phi) is 22.2. The molecule has 0 atom stereocenters. The fraction of sp³-hybridized carbons (Fsp3) is 0.913. The van der Waals surface area contributed by atoms with E-state index in [2.05, 4.69) is 13.8 Å². The van der Waals surface area contributed by atoms with Gasteiger partial charge in [0.05, 0.1) is 0 Å². The minimum absolute atomic E-state index is 0. The summed E-state index contributed by atoms with van der Waals surface area (Å²) in [7, 11) is 0. The van der Waals surface area contributed by atoms with E-state index >= 15 is 0 Å². The van der Waals surface area contributed by atoms with E-state index in [0.717, 1.165) is 32.1 Å². The first-order chi connectivity index (χ1) is 13.0. The molecule has 5 heteroatoms. The van der Waals surface area contributed by atoms with E-state index in [0.29, 0.717) is 12.8 Å². The molecular formula is C23H46CaO4. The first-order valence-corrected chi connectivity index (χ1v) is 11.5. The van der Waals surface area contributed by atoms with Crippen LogP contribution in [0.4, 0.5) is 0 Å². The number of carboxylic acid groups (broad SMARTS) is 2. The van der Waals surface area contributed by atoms with Crippen LogP contribution in [-0.2, 0) is 9.59 Å². The van der Waals surface area contributed by atoms with Crippen molar-refractivity contribution in [3.05, 3.63) is 0 Å². The molecule has 0 rings (SSSR count). The van der Waals surface area contributed by atoms with Crippen molar-refractivity contribution < 1.29 is 19.8 Å². The zero-order chi connectivity index (χ0) is 20.4. The van der Waals surface area contributed by atoms with Crippen molar-refractivity contribution in [1.29, 1.82) is 0 Å². The van der Waals surface area contributed by atoms with E-state index in [9.17, 15) is 19.8 Å². The van der Waals surface area contributed by atoms with Crippen molar-refractivity contribution in [2.45, 2.75) is 129 Å². The summed E-state index contributed by atoms with van der Waals surface area (Å²) in [4.78, 5) is 23.5. The summed E-state index contributed by atoms with van der Waals surface area (Å²) in [5, 5.41) is 19.2. The van der Waals surface area contributed by atoms with Gasteiger partial charge in [0, 0.05) is 0 Å². The molecule has 0 unspecified atom stereocenters. The maximum atomic E-state index is 11.7. The van der Waals surface area contributed by atoms with E-state index in [1.807, 2.05) is 0 Å². The quantitative estimate of drug-likeness (QED) is 0.136. The third-order valence-electron chi connectivity index (χ3n) is 5.73.